The van der Waals surface area contributed by atoms with Gasteiger partial charge in [0, 0.05) is 5.69 Å². The van der Waals surface area contributed by atoms with Crippen LogP contribution in [0.1, 0.15) is 23.6 Å². The molecule has 30 heavy (non-hydrogen) atoms. The monoisotopic (exact) mass is 405 g/mol. The Morgan fingerprint density at radius 1 is 1.07 bits per heavy atom. The number of carbonyl (C=O) groups excluding carboxylic acids is 3. The maximum atomic E-state index is 13.0. The molecule has 2 aromatic rings. The van der Waals surface area contributed by atoms with Gasteiger partial charge in [-0.05, 0) is 55.2 Å². The summed E-state index contributed by atoms with van der Waals surface area (Å²) >= 11 is 0. The van der Waals surface area contributed by atoms with E-state index in [1.165, 1.54) is 5.01 Å². The van der Waals surface area contributed by atoms with Gasteiger partial charge in [-0.1, -0.05) is 36.4 Å². The minimum atomic E-state index is -0.920. The molecule has 0 aliphatic carbocycles. The van der Waals surface area contributed by atoms with Crippen LogP contribution in [-0.2, 0) is 20.8 Å². The molecule has 0 aromatic heterocycles. The average molecular weight is 405 g/mol. The molecule has 2 aliphatic heterocycles. The summed E-state index contributed by atoms with van der Waals surface area (Å²) in [6.07, 6.45) is 0.866. The normalized spacial score (nSPS) is 20.1. The summed E-state index contributed by atoms with van der Waals surface area (Å²) < 4.78 is 0. The lowest BCUT2D eigenvalue weighted by molar-refractivity contribution is -0.123. The van der Waals surface area contributed by atoms with Gasteiger partial charge in [-0.3, -0.25) is 19.4 Å². The fraction of sp³-hybridized carbons (Fsp3) is 0.318. The Hall–Kier alpha value is -3.55. The first-order valence-corrected chi connectivity index (χ1v) is 9.90. The van der Waals surface area contributed by atoms with Crippen molar-refractivity contribution in [3.63, 3.8) is 0 Å². The fourth-order valence-electron chi connectivity index (χ4n) is 3.70. The molecule has 4 rings (SSSR count). The smallest absolute Gasteiger partial charge is 0.263 e. The van der Waals surface area contributed by atoms with Crippen molar-refractivity contribution in [1.29, 1.82) is 0 Å². The molecule has 0 unspecified atom stereocenters. The second-order valence-electron chi connectivity index (χ2n) is 7.59. The standard InChI is InChI=1S/C22H23N5O3/c1-4-15-7-9-16(10-8-15)27-21(29)19-20(22(27)30)26(25-24-19)12-18(28)23-17-11-13(2)5-6-14(17)3/h5-11,19-20H,4,12H2,1-3H3,(H,23,28)/t19-,20-/m0/s1. The largest absolute Gasteiger partial charge is 0.324 e. The second-order valence-corrected chi connectivity index (χ2v) is 7.59. The average Bonchev–Trinajstić information content (AvgIpc) is 3.24. The van der Waals surface area contributed by atoms with E-state index < -0.39 is 23.9 Å². The number of hydrogen-bond acceptors (Lipinski definition) is 6. The topological polar surface area (TPSA) is 94.4 Å². The quantitative estimate of drug-likeness (QED) is 0.774. The minimum Gasteiger partial charge on any atom is -0.324 e. The lowest BCUT2D eigenvalue weighted by atomic mass is 10.1. The van der Waals surface area contributed by atoms with E-state index in [9.17, 15) is 14.4 Å². The van der Waals surface area contributed by atoms with Crippen LogP contribution >= 0.6 is 0 Å². The third-order valence-corrected chi connectivity index (χ3v) is 5.43. The molecule has 2 atom stereocenters. The van der Waals surface area contributed by atoms with Crippen LogP contribution in [-0.4, -0.2) is 41.4 Å². The van der Waals surface area contributed by atoms with Gasteiger partial charge in [0.05, 0.1) is 5.69 Å². The summed E-state index contributed by atoms with van der Waals surface area (Å²) in [5.41, 5.74) is 4.29. The highest BCUT2D eigenvalue weighted by Crippen LogP contribution is 2.32. The summed E-state index contributed by atoms with van der Waals surface area (Å²) in [5.74, 6) is -1.16. The number of hydrogen-bond donors (Lipinski definition) is 1. The lowest BCUT2D eigenvalue weighted by Crippen LogP contribution is -2.43. The van der Waals surface area contributed by atoms with Crippen LogP contribution < -0.4 is 10.2 Å². The molecular weight excluding hydrogens is 382 g/mol. The molecule has 1 fully saturated rings. The number of benzene rings is 2. The Kier molecular flexibility index (Phi) is 5.07. The highest BCUT2D eigenvalue weighted by Gasteiger charge is 2.55. The number of aryl methyl sites for hydroxylation is 3. The summed E-state index contributed by atoms with van der Waals surface area (Å²) in [7, 11) is 0. The number of fused-ring (bicyclic) bond motifs is 1. The first-order valence-electron chi connectivity index (χ1n) is 9.90. The SMILES string of the molecule is CCc1ccc(N2C(=O)[C@H]3N=NN(CC(=O)Nc4cc(C)ccc4C)[C@@H]3C2=O)cc1. The van der Waals surface area contributed by atoms with E-state index in [-0.39, 0.29) is 12.5 Å². The molecule has 8 nitrogen and oxygen atoms in total. The van der Waals surface area contributed by atoms with Gasteiger partial charge >= 0.3 is 0 Å². The van der Waals surface area contributed by atoms with Gasteiger partial charge in [0.2, 0.25) is 5.91 Å². The summed E-state index contributed by atoms with van der Waals surface area (Å²) in [5, 5.41) is 12.0. The van der Waals surface area contributed by atoms with Crippen LogP contribution in [0.25, 0.3) is 0 Å². The molecule has 0 radical (unpaired) electrons. The van der Waals surface area contributed by atoms with E-state index in [1.54, 1.807) is 12.1 Å². The van der Waals surface area contributed by atoms with E-state index in [0.717, 1.165) is 28.0 Å². The highest BCUT2D eigenvalue weighted by molar-refractivity contribution is 6.25. The van der Waals surface area contributed by atoms with Gasteiger partial charge in [0.25, 0.3) is 11.8 Å². The maximum Gasteiger partial charge on any atom is 0.263 e. The van der Waals surface area contributed by atoms with Crippen molar-refractivity contribution < 1.29 is 14.4 Å². The fourth-order valence-corrected chi connectivity index (χ4v) is 3.70. The van der Waals surface area contributed by atoms with Crippen molar-refractivity contribution >= 4 is 29.1 Å². The molecular formula is C22H23N5O3. The predicted molar refractivity (Wildman–Crippen MR) is 112 cm³/mol. The van der Waals surface area contributed by atoms with Gasteiger partial charge in [0.15, 0.2) is 12.1 Å². The van der Waals surface area contributed by atoms with Crippen LogP contribution in [0.4, 0.5) is 11.4 Å². The Bertz CT molecular complexity index is 1050. The maximum absolute atomic E-state index is 13.0. The van der Waals surface area contributed by atoms with Crippen molar-refractivity contribution in [3.8, 4) is 0 Å². The zero-order valence-electron chi connectivity index (χ0n) is 17.1. The van der Waals surface area contributed by atoms with Crippen molar-refractivity contribution in [1.82, 2.24) is 5.01 Å². The predicted octanol–water partition coefficient (Wildman–Crippen LogP) is 2.80. The van der Waals surface area contributed by atoms with Gasteiger partial charge < -0.3 is 5.32 Å². The number of nitrogens with one attached hydrogen (secondary N) is 1. The first kappa shape index (κ1) is 19.8. The van der Waals surface area contributed by atoms with Crippen LogP contribution in [0, 0.1) is 13.8 Å². The van der Waals surface area contributed by atoms with Crippen LogP contribution in [0.2, 0.25) is 0 Å². The molecule has 2 heterocycles. The van der Waals surface area contributed by atoms with Gasteiger partial charge in [-0.2, -0.15) is 5.11 Å². The molecule has 1 N–H and O–H groups in total. The number of amides is 3. The third-order valence-electron chi connectivity index (χ3n) is 5.43. The van der Waals surface area contributed by atoms with Crippen molar-refractivity contribution in [3.05, 3.63) is 59.2 Å². The molecule has 8 heteroatoms. The number of imide groups is 1. The zero-order valence-corrected chi connectivity index (χ0v) is 17.1. The van der Waals surface area contributed by atoms with Crippen molar-refractivity contribution in [2.45, 2.75) is 39.3 Å². The van der Waals surface area contributed by atoms with E-state index in [1.807, 2.05) is 51.1 Å². The molecule has 3 amide bonds. The molecule has 0 spiro atoms. The second kappa shape index (κ2) is 7.70. The molecule has 0 saturated carbocycles. The van der Waals surface area contributed by atoms with Gasteiger partial charge in [-0.25, -0.2) is 4.90 Å². The molecule has 0 bridgehead atoms. The summed E-state index contributed by atoms with van der Waals surface area (Å²) in [6.45, 7) is 5.72. The van der Waals surface area contributed by atoms with E-state index in [0.29, 0.717) is 11.4 Å². The molecule has 2 aliphatic rings. The first-order chi connectivity index (χ1) is 14.4. The van der Waals surface area contributed by atoms with Crippen molar-refractivity contribution in [2.75, 3.05) is 16.8 Å². The highest BCUT2D eigenvalue weighted by atomic mass is 16.2. The Labute approximate surface area is 174 Å². The van der Waals surface area contributed by atoms with Crippen LogP contribution in [0.15, 0.2) is 52.8 Å². The Morgan fingerprint density at radius 2 is 1.80 bits per heavy atom. The minimum absolute atomic E-state index is 0.167. The Balaban J connectivity index is 1.49. The number of rotatable bonds is 5. The molecule has 154 valence electrons. The van der Waals surface area contributed by atoms with Crippen molar-refractivity contribution in [2.24, 2.45) is 10.3 Å². The van der Waals surface area contributed by atoms with E-state index >= 15 is 0 Å². The number of nitrogens with zero attached hydrogens (tertiary/aromatic N) is 4. The number of anilines is 2. The molecule has 1 saturated heterocycles. The van der Waals surface area contributed by atoms with E-state index in [2.05, 4.69) is 15.7 Å². The zero-order chi connectivity index (χ0) is 21.4. The van der Waals surface area contributed by atoms with Gasteiger partial charge in [-0.15, -0.1) is 0 Å². The lowest BCUT2D eigenvalue weighted by Gasteiger charge is -2.20. The summed E-state index contributed by atoms with van der Waals surface area (Å²) in [4.78, 5) is 39.5. The number of carbonyl (C=O) groups is 3. The Morgan fingerprint density at radius 3 is 2.50 bits per heavy atom. The van der Waals surface area contributed by atoms with Crippen LogP contribution in [0.3, 0.4) is 0 Å². The van der Waals surface area contributed by atoms with Crippen LogP contribution in [0.5, 0.6) is 0 Å². The van der Waals surface area contributed by atoms with E-state index in [4.69, 9.17) is 0 Å². The third kappa shape index (κ3) is 3.45. The molecule has 2 aromatic carbocycles. The summed E-state index contributed by atoms with van der Waals surface area (Å²) in [6, 6.07) is 11.3. The van der Waals surface area contributed by atoms with Gasteiger partial charge in [0.1, 0.15) is 6.54 Å².